The minimum absolute atomic E-state index is 0. The zero-order chi connectivity index (χ0) is 14.5. The van der Waals surface area contributed by atoms with E-state index in [1.165, 1.54) is 13.5 Å². The molecule has 4 nitrogen and oxygen atoms in total. The van der Waals surface area contributed by atoms with E-state index in [1.54, 1.807) is 18.2 Å². The molecule has 1 aliphatic carbocycles. The van der Waals surface area contributed by atoms with Gasteiger partial charge in [-0.3, -0.25) is 0 Å². The van der Waals surface area contributed by atoms with E-state index in [1.807, 2.05) is 6.07 Å². The first-order valence-electron chi connectivity index (χ1n) is 7.26. The van der Waals surface area contributed by atoms with Crippen LogP contribution in [0, 0.1) is 5.92 Å². The first kappa shape index (κ1) is 18.0. The maximum Gasteiger partial charge on any atom is 0.338 e. The highest BCUT2D eigenvalue weighted by molar-refractivity contribution is 5.91. The zero-order valence-electron chi connectivity index (χ0n) is 12.3. The molecule has 1 fully saturated rings. The highest BCUT2D eigenvalue weighted by Gasteiger charge is 2.29. The van der Waals surface area contributed by atoms with Crippen LogP contribution in [0.4, 0.5) is 0 Å². The molecule has 0 unspecified atom stereocenters. The number of benzene rings is 1. The fourth-order valence-corrected chi connectivity index (χ4v) is 3.04. The van der Waals surface area contributed by atoms with Gasteiger partial charge in [0.25, 0.3) is 0 Å². The van der Waals surface area contributed by atoms with E-state index in [4.69, 9.17) is 10.5 Å². The molecule has 3 N–H and O–H groups in total. The molecule has 2 rings (SSSR count). The normalized spacial score (nSPS) is 18.4. The van der Waals surface area contributed by atoms with E-state index >= 15 is 0 Å². The number of aliphatic hydroxyl groups is 1. The van der Waals surface area contributed by atoms with E-state index in [2.05, 4.69) is 0 Å². The Morgan fingerprint density at radius 1 is 1.29 bits per heavy atom. The highest BCUT2D eigenvalue weighted by atomic mass is 35.5. The van der Waals surface area contributed by atoms with Gasteiger partial charge in [-0.25, -0.2) is 4.79 Å². The van der Waals surface area contributed by atoms with Crippen molar-refractivity contribution >= 4 is 18.4 Å². The highest BCUT2D eigenvalue weighted by Crippen LogP contribution is 2.32. The minimum atomic E-state index is -0.610. The number of ether oxygens (including phenoxy) is 1. The van der Waals surface area contributed by atoms with Crippen LogP contribution in [0.3, 0.4) is 0 Å². The van der Waals surface area contributed by atoms with E-state index in [-0.39, 0.29) is 18.3 Å². The van der Waals surface area contributed by atoms with Crippen molar-refractivity contribution < 1.29 is 14.6 Å². The van der Waals surface area contributed by atoms with Crippen molar-refractivity contribution in [1.82, 2.24) is 0 Å². The van der Waals surface area contributed by atoms with Gasteiger partial charge in [-0.05, 0) is 30.4 Å². The molecule has 21 heavy (non-hydrogen) atoms. The molecule has 0 heterocycles. The maximum atomic E-state index is 11.8. The van der Waals surface area contributed by atoms with Gasteiger partial charge < -0.3 is 15.6 Å². The van der Waals surface area contributed by atoms with Crippen LogP contribution in [-0.2, 0) is 4.74 Å². The maximum absolute atomic E-state index is 11.8. The Hall–Kier alpha value is -1.10. The summed E-state index contributed by atoms with van der Waals surface area (Å²) < 4.78 is 4.78. The van der Waals surface area contributed by atoms with Crippen molar-refractivity contribution in [2.75, 3.05) is 7.11 Å². The Kier molecular flexibility index (Phi) is 7.15. The summed E-state index contributed by atoms with van der Waals surface area (Å²) in [6, 6.07) is 6.54. The number of esters is 1. The molecule has 0 spiro atoms. The minimum Gasteiger partial charge on any atom is -0.465 e. The van der Waals surface area contributed by atoms with Gasteiger partial charge in [0.2, 0.25) is 0 Å². The predicted octanol–water partition coefficient (Wildman–Crippen LogP) is 2.84. The van der Waals surface area contributed by atoms with Gasteiger partial charge in [-0.1, -0.05) is 37.5 Å². The van der Waals surface area contributed by atoms with Crippen LogP contribution in [0.25, 0.3) is 0 Å². The van der Waals surface area contributed by atoms with Crippen LogP contribution in [-0.4, -0.2) is 24.3 Å². The van der Waals surface area contributed by atoms with Gasteiger partial charge in [0.15, 0.2) is 0 Å². The van der Waals surface area contributed by atoms with Crippen molar-refractivity contribution in [3.05, 3.63) is 35.4 Å². The quantitative estimate of drug-likeness (QED) is 0.838. The van der Waals surface area contributed by atoms with Crippen molar-refractivity contribution in [2.24, 2.45) is 11.7 Å². The van der Waals surface area contributed by atoms with E-state index in [0.717, 1.165) is 25.7 Å². The van der Waals surface area contributed by atoms with Gasteiger partial charge >= 0.3 is 5.97 Å². The number of methoxy groups -OCH3 is 1. The van der Waals surface area contributed by atoms with Gasteiger partial charge in [0.05, 0.1) is 24.8 Å². The lowest BCUT2D eigenvalue weighted by atomic mass is 9.80. The second-order valence-corrected chi connectivity index (χ2v) is 5.49. The van der Waals surface area contributed by atoms with Crippen molar-refractivity contribution in [3.63, 3.8) is 0 Å². The summed E-state index contributed by atoms with van der Waals surface area (Å²) in [5.74, 6) is -0.184. The average molecular weight is 314 g/mol. The van der Waals surface area contributed by atoms with Gasteiger partial charge in [-0.2, -0.15) is 0 Å². The van der Waals surface area contributed by atoms with Crippen LogP contribution in [0.2, 0.25) is 0 Å². The Morgan fingerprint density at radius 2 is 1.90 bits per heavy atom. The molecule has 0 amide bonds. The summed E-state index contributed by atoms with van der Waals surface area (Å²) in [7, 11) is 1.35. The first-order chi connectivity index (χ1) is 9.65. The van der Waals surface area contributed by atoms with Gasteiger partial charge in [0.1, 0.15) is 0 Å². The lowest BCUT2D eigenvalue weighted by Gasteiger charge is -2.31. The third kappa shape index (κ3) is 4.19. The largest absolute Gasteiger partial charge is 0.465 e. The topological polar surface area (TPSA) is 72.5 Å². The molecule has 0 radical (unpaired) electrons. The average Bonchev–Trinajstić information content (AvgIpc) is 2.53. The number of aliphatic hydroxyl groups excluding tert-OH is 1. The summed E-state index contributed by atoms with van der Waals surface area (Å²) in [4.78, 5) is 11.8. The third-order valence-corrected chi connectivity index (χ3v) is 4.23. The van der Waals surface area contributed by atoms with Crippen LogP contribution >= 0.6 is 12.4 Å². The molecule has 2 atom stereocenters. The Balaban J connectivity index is 0.00000220. The summed E-state index contributed by atoms with van der Waals surface area (Å²) in [6.07, 6.45) is 4.93. The molecule has 1 saturated carbocycles. The van der Waals surface area contributed by atoms with Crippen LogP contribution < -0.4 is 5.73 Å². The van der Waals surface area contributed by atoms with Gasteiger partial charge in [-0.15, -0.1) is 12.4 Å². The molecular formula is C16H24ClNO3. The summed E-state index contributed by atoms with van der Waals surface area (Å²) in [6.45, 7) is 0. The van der Waals surface area contributed by atoms with Crippen LogP contribution in [0.15, 0.2) is 24.3 Å². The number of carbonyl (C=O) groups is 1. The molecule has 118 valence electrons. The van der Waals surface area contributed by atoms with Crippen LogP contribution in [0.1, 0.15) is 54.1 Å². The second kappa shape index (κ2) is 8.37. The molecule has 1 aliphatic rings. The zero-order valence-corrected chi connectivity index (χ0v) is 13.1. The molecular weight excluding hydrogens is 290 g/mol. The number of hydrogen-bond acceptors (Lipinski definition) is 4. The lowest BCUT2D eigenvalue weighted by molar-refractivity contribution is 0.0563. The van der Waals surface area contributed by atoms with E-state index in [0.29, 0.717) is 11.1 Å². The molecule has 0 aromatic heterocycles. The fraction of sp³-hybridized carbons (Fsp3) is 0.562. The molecule has 1 aromatic rings. The number of rotatable bonds is 4. The van der Waals surface area contributed by atoms with E-state index < -0.39 is 18.1 Å². The third-order valence-electron chi connectivity index (χ3n) is 4.23. The smallest absolute Gasteiger partial charge is 0.338 e. The summed E-state index contributed by atoms with van der Waals surface area (Å²) >= 11 is 0. The SMILES string of the molecule is COC(=O)c1ccccc1[C@@H](N)[C@@H](O)C1CCCCC1.Cl. The fourth-order valence-electron chi connectivity index (χ4n) is 3.04. The van der Waals surface area contributed by atoms with E-state index in [9.17, 15) is 9.90 Å². The Labute approximate surface area is 132 Å². The molecule has 0 bridgehead atoms. The van der Waals surface area contributed by atoms with Crippen LogP contribution in [0.5, 0.6) is 0 Å². The van der Waals surface area contributed by atoms with Gasteiger partial charge in [0, 0.05) is 0 Å². The first-order valence-corrected chi connectivity index (χ1v) is 7.26. The number of carbonyl (C=O) groups excluding carboxylic acids is 1. The van der Waals surface area contributed by atoms with Crippen molar-refractivity contribution in [2.45, 2.75) is 44.2 Å². The monoisotopic (exact) mass is 313 g/mol. The summed E-state index contributed by atoms with van der Waals surface area (Å²) in [5, 5.41) is 10.5. The number of hydrogen-bond donors (Lipinski definition) is 2. The second-order valence-electron chi connectivity index (χ2n) is 5.49. The Morgan fingerprint density at radius 3 is 2.52 bits per heavy atom. The molecule has 1 aromatic carbocycles. The summed E-state index contributed by atoms with van der Waals surface area (Å²) in [5.41, 5.74) is 7.31. The van der Waals surface area contributed by atoms with Crippen molar-refractivity contribution in [3.8, 4) is 0 Å². The predicted molar refractivity (Wildman–Crippen MR) is 84.5 cm³/mol. The lowest BCUT2D eigenvalue weighted by Crippen LogP contribution is -2.35. The molecule has 0 saturated heterocycles. The van der Waals surface area contributed by atoms with Crippen molar-refractivity contribution in [1.29, 1.82) is 0 Å². The number of halogens is 1. The molecule has 0 aliphatic heterocycles. The standard InChI is InChI=1S/C16H23NO3.ClH/c1-20-16(19)13-10-6-5-9-12(13)14(17)15(18)11-7-3-2-4-8-11;/h5-6,9-11,14-15,18H,2-4,7-8,17H2,1H3;1H/t14-,15+;/m1./s1. The molecule has 5 heteroatoms. The Bertz CT molecular complexity index is 461. The number of nitrogens with two attached hydrogens (primary N) is 1.